The number of nitrogens with two attached hydrogens (primary N) is 1. The lowest BCUT2D eigenvalue weighted by atomic mass is 10.2. The molecule has 3 nitrogen and oxygen atoms in total. The summed E-state index contributed by atoms with van der Waals surface area (Å²) in [6.45, 7) is 3.19. The van der Waals surface area contributed by atoms with E-state index in [4.69, 9.17) is 22.1 Å². The summed E-state index contributed by atoms with van der Waals surface area (Å²) in [6.07, 6.45) is 0.533. The van der Waals surface area contributed by atoms with Gasteiger partial charge in [0.2, 0.25) is 5.88 Å². The second-order valence-corrected chi connectivity index (χ2v) is 3.84. The molecule has 0 amide bonds. The highest BCUT2D eigenvalue weighted by atomic mass is 35.5. The standard InChI is InChI=1S/C10H14ClFN2O/c1-6(12)5-15-10-9(11)3-8(4-14-10)7(2)13/h3-4,6-7H,5,13H2,1-2H3. The molecule has 1 aromatic heterocycles. The van der Waals surface area contributed by atoms with E-state index in [1.807, 2.05) is 6.92 Å². The Morgan fingerprint density at radius 2 is 2.27 bits per heavy atom. The van der Waals surface area contributed by atoms with Crippen LogP contribution in [0, 0.1) is 0 Å². The number of nitrogens with zero attached hydrogens (tertiary/aromatic N) is 1. The molecule has 0 aliphatic carbocycles. The van der Waals surface area contributed by atoms with Gasteiger partial charge < -0.3 is 10.5 Å². The summed E-state index contributed by atoms with van der Waals surface area (Å²) in [7, 11) is 0. The molecular formula is C10H14ClFN2O. The Balaban J connectivity index is 2.75. The zero-order valence-electron chi connectivity index (χ0n) is 8.71. The van der Waals surface area contributed by atoms with Crippen LogP contribution in [0.1, 0.15) is 25.5 Å². The number of pyridine rings is 1. The Morgan fingerprint density at radius 1 is 1.60 bits per heavy atom. The molecule has 2 atom stereocenters. The molecule has 15 heavy (non-hydrogen) atoms. The number of ether oxygens (including phenoxy) is 1. The highest BCUT2D eigenvalue weighted by Gasteiger charge is 2.08. The predicted octanol–water partition coefficient (Wildman–Crippen LogP) is 2.49. The number of aromatic nitrogens is 1. The van der Waals surface area contributed by atoms with Crippen molar-refractivity contribution in [3.63, 3.8) is 0 Å². The third-order valence-electron chi connectivity index (χ3n) is 1.80. The molecule has 0 saturated heterocycles. The van der Waals surface area contributed by atoms with Crippen LogP contribution in [0.5, 0.6) is 5.88 Å². The monoisotopic (exact) mass is 232 g/mol. The van der Waals surface area contributed by atoms with Crippen LogP contribution in [0.3, 0.4) is 0 Å². The van der Waals surface area contributed by atoms with Crippen LogP contribution in [0.15, 0.2) is 12.3 Å². The van der Waals surface area contributed by atoms with Crippen molar-refractivity contribution in [3.05, 3.63) is 22.8 Å². The van der Waals surface area contributed by atoms with E-state index in [9.17, 15) is 4.39 Å². The molecule has 1 aromatic rings. The minimum Gasteiger partial charge on any atom is -0.474 e. The summed E-state index contributed by atoms with van der Waals surface area (Å²) in [5, 5.41) is 0.352. The van der Waals surface area contributed by atoms with E-state index in [0.717, 1.165) is 5.56 Å². The lowest BCUT2D eigenvalue weighted by Crippen LogP contribution is -2.10. The highest BCUT2D eigenvalue weighted by molar-refractivity contribution is 6.31. The predicted molar refractivity (Wildman–Crippen MR) is 57.9 cm³/mol. The molecule has 0 fully saturated rings. The fourth-order valence-corrected chi connectivity index (χ4v) is 1.22. The Morgan fingerprint density at radius 3 is 2.73 bits per heavy atom. The maximum atomic E-state index is 12.5. The minimum atomic E-state index is -1.05. The zero-order chi connectivity index (χ0) is 11.4. The van der Waals surface area contributed by atoms with E-state index in [0.29, 0.717) is 5.02 Å². The molecule has 1 rings (SSSR count). The first kappa shape index (κ1) is 12.2. The Labute approximate surface area is 93.4 Å². The normalized spacial score (nSPS) is 14.7. The van der Waals surface area contributed by atoms with Gasteiger partial charge in [0.15, 0.2) is 0 Å². The molecule has 1 heterocycles. The van der Waals surface area contributed by atoms with Gasteiger partial charge >= 0.3 is 0 Å². The highest BCUT2D eigenvalue weighted by Crippen LogP contribution is 2.24. The molecule has 2 N–H and O–H groups in total. The van der Waals surface area contributed by atoms with Gasteiger partial charge in [0, 0.05) is 12.2 Å². The van der Waals surface area contributed by atoms with Crippen LogP contribution >= 0.6 is 11.6 Å². The van der Waals surface area contributed by atoms with Crippen LogP contribution in [0.2, 0.25) is 5.02 Å². The summed E-state index contributed by atoms with van der Waals surface area (Å²) >= 11 is 5.89. The molecule has 0 saturated carbocycles. The van der Waals surface area contributed by atoms with Crippen LogP contribution in [-0.4, -0.2) is 17.8 Å². The molecule has 2 unspecified atom stereocenters. The van der Waals surface area contributed by atoms with Crippen molar-refractivity contribution in [3.8, 4) is 5.88 Å². The van der Waals surface area contributed by atoms with Crippen molar-refractivity contribution in [2.45, 2.75) is 26.1 Å². The van der Waals surface area contributed by atoms with Gasteiger partial charge in [-0.05, 0) is 25.5 Å². The van der Waals surface area contributed by atoms with Crippen LogP contribution < -0.4 is 10.5 Å². The summed E-state index contributed by atoms with van der Waals surface area (Å²) < 4.78 is 17.6. The van der Waals surface area contributed by atoms with Gasteiger partial charge in [-0.2, -0.15) is 0 Å². The van der Waals surface area contributed by atoms with Crippen molar-refractivity contribution in [1.29, 1.82) is 0 Å². The topological polar surface area (TPSA) is 48.1 Å². The maximum absolute atomic E-state index is 12.5. The number of rotatable bonds is 4. The van der Waals surface area contributed by atoms with Gasteiger partial charge in [-0.25, -0.2) is 9.37 Å². The van der Waals surface area contributed by atoms with E-state index in [1.54, 1.807) is 12.3 Å². The van der Waals surface area contributed by atoms with Gasteiger partial charge in [0.1, 0.15) is 17.8 Å². The van der Waals surface area contributed by atoms with Crippen molar-refractivity contribution in [2.24, 2.45) is 5.73 Å². The molecule has 0 radical (unpaired) electrons. The average molecular weight is 233 g/mol. The van der Waals surface area contributed by atoms with Crippen LogP contribution in [-0.2, 0) is 0 Å². The van der Waals surface area contributed by atoms with Crippen molar-refractivity contribution in [1.82, 2.24) is 4.98 Å². The lowest BCUT2D eigenvalue weighted by molar-refractivity contribution is 0.204. The second-order valence-electron chi connectivity index (χ2n) is 3.44. The van der Waals surface area contributed by atoms with E-state index < -0.39 is 6.17 Å². The number of hydrogen-bond donors (Lipinski definition) is 1. The molecule has 0 aromatic carbocycles. The zero-order valence-corrected chi connectivity index (χ0v) is 9.46. The van der Waals surface area contributed by atoms with E-state index >= 15 is 0 Å². The molecule has 0 spiro atoms. The SMILES string of the molecule is CC(F)COc1ncc(C(C)N)cc1Cl. The van der Waals surface area contributed by atoms with Crippen molar-refractivity contribution in [2.75, 3.05) is 6.61 Å². The van der Waals surface area contributed by atoms with E-state index in [2.05, 4.69) is 4.98 Å². The largest absolute Gasteiger partial charge is 0.474 e. The molecule has 84 valence electrons. The van der Waals surface area contributed by atoms with E-state index in [1.165, 1.54) is 6.92 Å². The average Bonchev–Trinajstić information content (AvgIpc) is 2.15. The first-order valence-corrected chi connectivity index (χ1v) is 5.06. The fraction of sp³-hybridized carbons (Fsp3) is 0.500. The Hall–Kier alpha value is -0.870. The molecule has 0 aliphatic heterocycles. The van der Waals surface area contributed by atoms with Crippen molar-refractivity contribution < 1.29 is 9.13 Å². The van der Waals surface area contributed by atoms with E-state index in [-0.39, 0.29) is 18.5 Å². The lowest BCUT2D eigenvalue weighted by Gasteiger charge is -2.10. The molecule has 0 aliphatic rings. The van der Waals surface area contributed by atoms with Gasteiger partial charge in [-0.1, -0.05) is 11.6 Å². The number of hydrogen-bond acceptors (Lipinski definition) is 3. The first-order valence-electron chi connectivity index (χ1n) is 4.68. The second kappa shape index (κ2) is 5.28. The summed E-state index contributed by atoms with van der Waals surface area (Å²) in [6, 6.07) is 1.54. The molecule has 0 bridgehead atoms. The minimum absolute atomic E-state index is 0.0513. The van der Waals surface area contributed by atoms with Gasteiger partial charge in [-0.15, -0.1) is 0 Å². The van der Waals surface area contributed by atoms with Crippen LogP contribution in [0.25, 0.3) is 0 Å². The van der Waals surface area contributed by atoms with Gasteiger partial charge in [-0.3, -0.25) is 0 Å². The molecule has 5 heteroatoms. The molecular weight excluding hydrogens is 219 g/mol. The maximum Gasteiger partial charge on any atom is 0.232 e. The summed E-state index contributed by atoms with van der Waals surface area (Å²) in [5.41, 5.74) is 6.48. The quantitative estimate of drug-likeness (QED) is 0.868. The van der Waals surface area contributed by atoms with Crippen molar-refractivity contribution >= 4 is 11.6 Å². The Kier molecular flexibility index (Phi) is 4.29. The number of alkyl halides is 1. The number of halogens is 2. The fourth-order valence-electron chi connectivity index (χ4n) is 0.989. The van der Waals surface area contributed by atoms with Gasteiger partial charge in [0.25, 0.3) is 0 Å². The smallest absolute Gasteiger partial charge is 0.232 e. The Bertz CT molecular complexity index is 331. The summed E-state index contributed by atoms with van der Waals surface area (Å²) in [5.74, 6) is 0.241. The third kappa shape index (κ3) is 3.64. The van der Waals surface area contributed by atoms with Gasteiger partial charge in [0.05, 0.1) is 0 Å². The first-order chi connectivity index (χ1) is 7.00. The summed E-state index contributed by atoms with van der Waals surface area (Å²) in [4.78, 5) is 3.97. The van der Waals surface area contributed by atoms with Crippen LogP contribution in [0.4, 0.5) is 4.39 Å². The third-order valence-corrected chi connectivity index (χ3v) is 2.07.